The van der Waals surface area contributed by atoms with E-state index in [1.165, 1.54) is 11.1 Å². The van der Waals surface area contributed by atoms with E-state index in [0.717, 1.165) is 13.0 Å². The molecule has 32 heavy (non-hydrogen) atoms. The van der Waals surface area contributed by atoms with Gasteiger partial charge in [-0.25, -0.2) is 0 Å². The summed E-state index contributed by atoms with van der Waals surface area (Å²) in [5.41, 5.74) is 2.41. The molecule has 0 spiro atoms. The topological polar surface area (TPSA) is 70.7 Å². The van der Waals surface area contributed by atoms with Gasteiger partial charge in [-0.05, 0) is 31.4 Å². The van der Waals surface area contributed by atoms with E-state index in [1.807, 2.05) is 50.2 Å². The Bertz CT molecular complexity index is 802. The summed E-state index contributed by atoms with van der Waals surface area (Å²) < 4.78 is 5.51. The number of ether oxygens (including phenoxy) is 1. The largest absolute Gasteiger partial charge is 0.379 e. The maximum absolute atomic E-state index is 12.7. The molecule has 0 aliphatic carbocycles. The highest BCUT2D eigenvalue weighted by atomic mass is 16.5. The molecule has 2 aromatic rings. The second-order valence-corrected chi connectivity index (χ2v) is 8.50. The van der Waals surface area contributed by atoms with Crippen LogP contribution in [-0.4, -0.2) is 61.6 Å². The number of carbonyl (C=O) groups is 2. The van der Waals surface area contributed by atoms with Crippen molar-refractivity contribution in [3.05, 3.63) is 71.8 Å². The predicted octanol–water partition coefficient (Wildman–Crippen LogP) is 2.94. The van der Waals surface area contributed by atoms with Gasteiger partial charge in [0.1, 0.15) is 0 Å². The van der Waals surface area contributed by atoms with Crippen molar-refractivity contribution < 1.29 is 14.3 Å². The lowest BCUT2D eigenvalue weighted by molar-refractivity contribution is -0.134. The molecule has 1 heterocycles. The second-order valence-electron chi connectivity index (χ2n) is 8.50. The van der Waals surface area contributed by atoms with Crippen LogP contribution in [0.25, 0.3) is 0 Å². The van der Waals surface area contributed by atoms with Gasteiger partial charge >= 0.3 is 0 Å². The van der Waals surface area contributed by atoms with Gasteiger partial charge in [0.2, 0.25) is 11.8 Å². The lowest BCUT2D eigenvalue weighted by atomic mass is 9.90. The molecule has 0 aromatic heterocycles. The molecule has 0 saturated carbocycles. The Kier molecular flexibility index (Phi) is 9.26. The molecular weight excluding hydrogens is 402 g/mol. The Balaban J connectivity index is 1.66. The fraction of sp³-hybridized carbons (Fsp3) is 0.462. The van der Waals surface area contributed by atoms with E-state index in [1.54, 1.807) is 0 Å². The normalized spacial score (nSPS) is 16.9. The summed E-state index contributed by atoms with van der Waals surface area (Å²) in [5, 5.41) is 5.86. The van der Waals surface area contributed by atoms with Gasteiger partial charge in [-0.3, -0.25) is 14.5 Å². The van der Waals surface area contributed by atoms with E-state index >= 15 is 0 Å². The number of hydrogen-bond donors (Lipinski definition) is 2. The minimum absolute atomic E-state index is 0.0746. The maximum atomic E-state index is 12.7. The number of piperazine rings is 1. The summed E-state index contributed by atoms with van der Waals surface area (Å²) in [6.07, 6.45) is 1.11. The van der Waals surface area contributed by atoms with Crippen LogP contribution in [0, 0.1) is 0 Å². The van der Waals surface area contributed by atoms with Gasteiger partial charge in [-0.1, -0.05) is 60.7 Å². The van der Waals surface area contributed by atoms with E-state index < -0.39 is 6.04 Å². The highest BCUT2D eigenvalue weighted by Gasteiger charge is 2.33. The summed E-state index contributed by atoms with van der Waals surface area (Å²) in [7, 11) is 0. The molecule has 1 atom stereocenters. The van der Waals surface area contributed by atoms with Crippen LogP contribution in [0.3, 0.4) is 0 Å². The summed E-state index contributed by atoms with van der Waals surface area (Å²) in [6, 6.07) is 20.2. The number of nitrogens with zero attached hydrogens (tertiary/aromatic N) is 1. The summed E-state index contributed by atoms with van der Waals surface area (Å²) in [4.78, 5) is 27.4. The zero-order valence-corrected chi connectivity index (χ0v) is 19.1. The van der Waals surface area contributed by atoms with Crippen LogP contribution in [0.1, 0.15) is 43.7 Å². The first-order chi connectivity index (χ1) is 15.5. The molecule has 2 N–H and O–H groups in total. The molecule has 3 rings (SSSR count). The van der Waals surface area contributed by atoms with E-state index in [2.05, 4.69) is 39.8 Å². The molecule has 1 fully saturated rings. The Morgan fingerprint density at radius 2 is 1.72 bits per heavy atom. The third-order valence-corrected chi connectivity index (χ3v) is 5.74. The maximum Gasteiger partial charge on any atom is 0.237 e. The van der Waals surface area contributed by atoms with Crippen LogP contribution >= 0.6 is 0 Å². The molecule has 1 saturated heterocycles. The number of rotatable bonds is 11. The van der Waals surface area contributed by atoms with Crippen LogP contribution in [-0.2, 0) is 14.3 Å². The average Bonchev–Trinajstić information content (AvgIpc) is 2.80. The molecular formula is C26H35N3O3. The van der Waals surface area contributed by atoms with Gasteiger partial charge in [0.15, 0.2) is 0 Å². The predicted molar refractivity (Wildman–Crippen MR) is 126 cm³/mol. The lowest BCUT2D eigenvalue weighted by Crippen LogP contribution is -2.57. The fourth-order valence-corrected chi connectivity index (χ4v) is 4.08. The SMILES string of the molecule is CC(C)OCCCNC(=O)CC1C(=O)NCCN1CC(c1ccccc1)c1ccccc1. The monoisotopic (exact) mass is 437 g/mol. The van der Waals surface area contributed by atoms with Crippen LogP contribution < -0.4 is 10.6 Å². The lowest BCUT2D eigenvalue weighted by Gasteiger charge is -2.37. The summed E-state index contributed by atoms with van der Waals surface area (Å²) in [6.45, 7) is 7.16. The molecule has 6 nitrogen and oxygen atoms in total. The molecule has 1 unspecified atom stereocenters. The van der Waals surface area contributed by atoms with Gasteiger partial charge in [0.05, 0.1) is 18.6 Å². The number of hydrogen-bond acceptors (Lipinski definition) is 4. The Morgan fingerprint density at radius 3 is 2.31 bits per heavy atom. The molecule has 6 heteroatoms. The van der Waals surface area contributed by atoms with Crippen molar-refractivity contribution in [2.75, 3.05) is 32.8 Å². The third kappa shape index (κ3) is 7.18. The van der Waals surface area contributed by atoms with E-state index in [9.17, 15) is 9.59 Å². The zero-order chi connectivity index (χ0) is 22.8. The Hall–Kier alpha value is -2.70. The molecule has 1 aliphatic rings. The first kappa shape index (κ1) is 24.0. The number of benzene rings is 2. The number of nitrogens with one attached hydrogen (secondary N) is 2. The van der Waals surface area contributed by atoms with Crippen molar-refractivity contribution in [1.82, 2.24) is 15.5 Å². The Morgan fingerprint density at radius 1 is 1.09 bits per heavy atom. The van der Waals surface area contributed by atoms with Gasteiger partial charge in [-0.15, -0.1) is 0 Å². The minimum atomic E-state index is -0.467. The smallest absolute Gasteiger partial charge is 0.237 e. The van der Waals surface area contributed by atoms with Crippen molar-refractivity contribution >= 4 is 11.8 Å². The van der Waals surface area contributed by atoms with E-state index in [4.69, 9.17) is 4.74 Å². The van der Waals surface area contributed by atoms with Crippen LogP contribution in [0.5, 0.6) is 0 Å². The number of amides is 2. The van der Waals surface area contributed by atoms with Crippen LogP contribution in [0.2, 0.25) is 0 Å². The van der Waals surface area contributed by atoms with Crippen LogP contribution in [0.4, 0.5) is 0 Å². The average molecular weight is 438 g/mol. The first-order valence-electron chi connectivity index (χ1n) is 11.5. The highest BCUT2D eigenvalue weighted by Crippen LogP contribution is 2.27. The van der Waals surface area contributed by atoms with Crippen LogP contribution in [0.15, 0.2) is 60.7 Å². The van der Waals surface area contributed by atoms with Gasteiger partial charge in [-0.2, -0.15) is 0 Å². The molecule has 172 valence electrons. The fourth-order valence-electron chi connectivity index (χ4n) is 4.08. The quantitative estimate of drug-likeness (QED) is 0.531. The van der Waals surface area contributed by atoms with Crippen molar-refractivity contribution in [1.29, 1.82) is 0 Å². The van der Waals surface area contributed by atoms with E-state index in [-0.39, 0.29) is 30.3 Å². The van der Waals surface area contributed by atoms with Gasteiger partial charge in [0.25, 0.3) is 0 Å². The Labute approximate surface area is 191 Å². The molecule has 0 radical (unpaired) electrons. The molecule has 2 amide bonds. The van der Waals surface area contributed by atoms with Crippen molar-refractivity contribution in [3.8, 4) is 0 Å². The molecule has 0 bridgehead atoms. The van der Waals surface area contributed by atoms with Crippen molar-refractivity contribution in [2.45, 2.75) is 44.8 Å². The van der Waals surface area contributed by atoms with Crippen molar-refractivity contribution in [3.63, 3.8) is 0 Å². The number of carbonyl (C=O) groups excluding carboxylic acids is 2. The summed E-state index contributed by atoms with van der Waals surface area (Å²) in [5.74, 6) is -0.0472. The molecule has 1 aliphatic heterocycles. The minimum Gasteiger partial charge on any atom is -0.379 e. The first-order valence-corrected chi connectivity index (χ1v) is 11.5. The van der Waals surface area contributed by atoms with Gasteiger partial charge in [0, 0.05) is 38.7 Å². The van der Waals surface area contributed by atoms with E-state index in [0.29, 0.717) is 26.2 Å². The standard InChI is InChI=1S/C26H35N3O3/c1-20(2)32-17-9-14-27-25(30)18-24-26(31)28-15-16-29(24)19-23(21-10-5-3-6-11-21)22-12-7-4-8-13-22/h3-8,10-13,20,23-24H,9,14-19H2,1-2H3,(H,27,30)(H,28,31). The summed E-state index contributed by atoms with van der Waals surface area (Å²) >= 11 is 0. The van der Waals surface area contributed by atoms with Gasteiger partial charge < -0.3 is 15.4 Å². The second kappa shape index (κ2) is 12.4. The molecule has 2 aromatic carbocycles. The highest BCUT2D eigenvalue weighted by molar-refractivity contribution is 5.88. The zero-order valence-electron chi connectivity index (χ0n) is 19.1. The van der Waals surface area contributed by atoms with Crippen molar-refractivity contribution in [2.24, 2.45) is 0 Å². The third-order valence-electron chi connectivity index (χ3n) is 5.74.